The third kappa shape index (κ3) is 1.04. The standard InChI is InChI=1S/C10H14O/c1-10(2)5-3-4-8-6-11-7-9(8)10/h3-5,9H,6-7H2,1-2H3/t9-/m0/s1. The number of rotatable bonds is 0. The molecule has 1 aliphatic carbocycles. The molecule has 0 radical (unpaired) electrons. The van der Waals surface area contributed by atoms with E-state index < -0.39 is 0 Å². The van der Waals surface area contributed by atoms with Crippen LogP contribution in [-0.4, -0.2) is 13.2 Å². The van der Waals surface area contributed by atoms with Crippen LogP contribution in [0.4, 0.5) is 0 Å². The van der Waals surface area contributed by atoms with Gasteiger partial charge >= 0.3 is 0 Å². The maximum atomic E-state index is 5.42. The molecule has 2 aliphatic rings. The molecule has 0 saturated carbocycles. The zero-order chi connectivity index (χ0) is 7.90. The molecule has 1 heterocycles. The molecule has 0 unspecified atom stereocenters. The van der Waals surface area contributed by atoms with E-state index in [-0.39, 0.29) is 0 Å². The minimum Gasteiger partial charge on any atom is -0.376 e. The van der Waals surface area contributed by atoms with Gasteiger partial charge in [-0.05, 0) is 11.0 Å². The van der Waals surface area contributed by atoms with Crippen LogP contribution < -0.4 is 0 Å². The Labute approximate surface area is 67.7 Å². The highest BCUT2D eigenvalue weighted by atomic mass is 16.5. The fraction of sp³-hybridized carbons (Fsp3) is 0.600. The molecule has 0 aromatic heterocycles. The summed E-state index contributed by atoms with van der Waals surface area (Å²) in [5.74, 6) is 0.632. The van der Waals surface area contributed by atoms with Gasteiger partial charge in [0.2, 0.25) is 0 Å². The highest BCUT2D eigenvalue weighted by Gasteiger charge is 2.35. The van der Waals surface area contributed by atoms with E-state index in [9.17, 15) is 0 Å². The molecule has 1 nitrogen and oxygen atoms in total. The van der Waals surface area contributed by atoms with Gasteiger partial charge in [-0.15, -0.1) is 0 Å². The lowest BCUT2D eigenvalue weighted by Crippen LogP contribution is -2.25. The Morgan fingerprint density at radius 2 is 2.36 bits per heavy atom. The molecule has 1 aliphatic heterocycles. The Bertz CT molecular complexity index is 223. The third-order valence-electron chi connectivity index (χ3n) is 2.74. The summed E-state index contributed by atoms with van der Waals surface area (Å²) in [6.45, 7) is 6.30. The van der Waals surface area contributed by atoms with Gasteiger partial charge < -0.3 is 4.74 Å². The second-order valence-electron chi connectivity index (χ2n) is 3.99. The molecular formula is C10H14O. The summed E-state index contributed by atoms with van der Waals surface area (Å²) in [5, 5.41) is 0. The van der Waals surface area contributed by atoms with Gasteiger partial charge in [-0.2, -0.15) is 0 Å². The SMILES string of the molecule is CC1(C)C=CC=C2COC[C@@H]21. The van der Waals surface area contributed by atoms with Gasteiger partial charge in [0.15, 0.2) is 0 Å². The average molecular weight is 150 g/mol. The van der Waals surface area contributed by atoms with Crippen LogP contribution in [-0.2, 0) is 4.74 Å². The quantitative estimate of drug-likeness (QED) is 0.514. The third-order valence-corrected chi connectivity index (χ3v) is 2.74. The van der Waals surface area contributed by atoms with E-state index >= 15 is 0 Å². The summed E-state index contributed by atoms with van der Waals surface area (Å²) in [6, 6.07) is 0. The van der Waals surface area contributed by atoms with Crippen molar-refractivity contribution in [1.29, 1.82) is 0 Å². The van der Waals surface area contributed by atoms with Crippen LogP contribution in [0, 0.1) is 11.3 Å². The van der Waals surface area contributed by atoms with Gasteiger partial charge in [-0.3, -0.25) is 0 Å². The smallest absolute Gasteiger partial charge is 0.0684 e. The summed E-state index contributed by atoms with van der Waals surface area (Å²) in [5.41, 5.74) is 1.78. The van der Waals surface area contributed by atoms with E-state index in [0.29, 0.717) is 11.3 Å². The molecule has 0 spiro atoms. The summed E-state index contributed by atoms with van der Waals surface area (Å²) in [7, 11) is 0. The highest BCUT2D eigenvalue weighted by molar-refractivity contribution is 5.28. The van der Waals surface area contributed by atoms with Crippen molar-refractivity contribution in [3.8, 4) is 0 Å². The number of ether oxygens (including phenoxy) is 1. The predicted molar refractivity (Wildman–Crippen MR) is 45.3 cm³/mol. The molecule has 60 valence electrons. The Balaban J connectivity index is 2.33. The summed E-state index contributed by atoms with van der Waals surface area (Å²) >= 11 is 0. The number of allylic oxidation sites excluding steroid dienone is 3. The monoisotopic (exact) mass is 150 g/mol. The zero-order valence-electron chi connectivity index (χ0n) is 7.13. The first-order valence-corrected chi connectivity index (χ1v) is 4.16. The summed E-state index contributed by atoms with van der Waals surface area (Å²) in [4.78, 5) is 0. The van der Waals surface area contributed by atoms with Crippen molar-refractivity contribution in [2.24, 2.45) is 11.3 Å². The minimum absolute atomic E-state index is 0.306. The fourth-order valence-corrected chi connectivity index (χ4v) is 1.90. The van der Waals surface area contributed by atoms with Crippen molar-refractivity contribution < 1.29 is 4.74 Å². The maximum absolute atomic E-state index is 5.42. The molecule has 11 heavy (non-hydrogen) atoms. The topological polar surface area (TPSA) is 9.23 Å². The maximum Gasteiger partial charge on any atom is 0.0684 e. The predicted octanol–water partition coefficient (Wildman–Crippen LogP) is 2.16. The molecule has 0 amide bonds. The first-order valence-electron chi connectivity index (χ1n) is 4.16. The second-order valence-corrected chi connectivity index (χ2v) is 3.99. The van der Waals surface area contributed by atoms with Crippen molar-refractivity contribution in [1.82, 2.24) is 0 Å². The van der Waals surface area contributed by atoms with Gasteiger partial charge in [0.1, 0.15) is 0 Å². The first-order chi connectivity index (χ1) is 5.20. The highest BCUT2D eigenvalue weighted by Crippen LogP contribution is 2.40. The van der Waals surface area contributed by atoms with Gasteiger partial charge in [-0.1, -0.05) is 32.1 Å². The number of fused-ring (bicyclic) bond motifs is 1. The molecule has 0 aromatic carbocycles. The van der Waals surface area contributed by atoms with E-state index in [4.69, 9.17) is 4.74 Å². The van der Waals surface area contributed by atoms with E-state index in [1.807, 2.05) is 0 Å². The fourth-order valence-electron chi connectivity index (χ4n) is 1.90. The molecular weight excluding hydrogens is 136 g/mol. The lowest BCUT2D eigenvalue weighted by molar-refractivity contribution is 0.162. The molecule has 1 fully saturated rings. The van der Waals surface area contributed by atoms with Crippen LogP contribution in [0.3, 0.4) is 0 Å². The summed E-state index contributed by atoms with van der Waals surface area (Å²) in [6.07, 6.45) is 6.62. The number of hydrogen-bond acceptors (Lipinski definition) is 1. The van der Waals surface area contributed by atoms with Crippen molar-refractivity contribution in [2.45, 2.75) is 13.8 Å². The van der Waals surface area contributed by atoms with Crippen molar-refractivity contribution in [3.63, 3.8) is 0 Å². The van der Waals surface area contributed by atoms with E-state index in [1.54, 1.807) is 0 Å². The molecule has 2 rings (SSSR count). The Kier molecular flexibility index (Phi) is 1.43. The second kappa shape index (κ2) is 2.21. The molecule has 0 bridgehead atoms. The normalized spacial score (nSPS) is 33.3. The van der Waals surface area contributed by atoms with Gasteiger partial charge in [0.25, 0.3) is 0 Å². The van der Waals surface area contributed by atoms with Crippen molar-refractivity contribution >= 4 is 0 Å². The van der Waals surface area contributed by atoms with Crippen LogP contribution in [0.15, 0.2) is 23.8 Å². The zero-order valence-corrected chi connectivity index (χ0v) is 7.13. The lowest BCUT2D eigenvalue weighted by atomic mass is 9.73. The Morgan fingerprint density at radius 3 is 3.09 bits per heavy atom. The molecule has 1 saturated heterocycles. The average Bonchev–Trinajstić information content (AvgIpc) is 2.34. The van der Waals surface area contributed by atoms with Crippen LogP contribution >= 0.6 is 0 Å². The largest absolute Gasteiger partial charge is 0.376 e. The Morgan fingerprint density at radius 1 is 1.55 bits per heavy atom. The Hall–Kier alpha value is -0.560. The van der Waals surface area contributed by atoms with Crippen molar-refractivity contribution in [3.05, 3.63) is 23.8 Å². The van der Waals surface area contributed by atoms with Gasteiger partial charge in [0.05, 0.1) is 13.2 Å². The van der Waals surface area contributed by atoms with Crippen LogP contribution in [0.5, 0.6) is 0 Å². The summed E-state index contributed by atoms with van der Waals surface area (Å²) < 4.78 is 5.42. The molecule has 0 aromatic rings. The van der Waals surface area contributed by atoms with Crippen LogP contribution in [0.2, 0.25) is 0 Å². The van der Waals surface area contributed by atoms with E-state index in [0.717, 1.165) is 13.2 Å². The molecule has 0 N–H and O–H groups in total. The van der Waals surface area contributed by atoms with Gasteiger partial charge in [0, 0.05) is 5.92 Å². The van der Waals surface area contributed by atoms with Crippen LogP contribution in [0.25, 0.3) is 0 Å². The van der Waals surface area contributed by atoms with E-state index in [1.165, 1.54) is 5.57 Å². The van der Waals surface area contributed by atoms with Crippen molar-refractivity contribution in [2.75, 3.05) is 13.2 Å². The lowest BCUT2D eigenvalue weighted by Gasteiger charge is -2.30. The first kappa shape index (κ1) is 7.11. The van der Waals surface area contributed by atoms with E-state index in [2.05, 4.69) is 32.1 Å². The van der Waals surface area contributed by atoms with Crippen LogP contribution in [0.1, 0.15) is 13.8 Å². The molecule has 1 heteroatoms. The number of hydrogen-bond donors (Lipinski definition) is 0. The molecule has 1 atom stereocenters. The minimum atomic E-state index is 0.306. The van der Waals surface area contributed by atoms with Gasteiger partial charge in [-0.25, -0.2) is 0 Å².